The van der Waals surface area contributed by atoms with Gasteiger partial charge < -0.3 is 10.0 Å². The molecule has 1 atom stereocenters. The third-order valence-electron chi connectivity index (χ3n) is 3.54. The summed E-state index contributed by atoms with van der Waals surface area (Å²) < 4.78 is 0. The van der Waals surface area contributed by atoms with Crippen LogP contribution in [0.2, 0.25) is 0 Å². The van der Waals surface area contributed by atoms with Gasteiger partial charge in [0.1, 0.15) is 5.60 Å². The number of hydrogen-bond acceptors (Lipinski definition) is 3. The largest absolute Gasteiger partial charge is 0.378 e. The zero-order valence-corrected chi connectivity index (χ0v) is 13.0. The van der Waals surface area contributed by atoms with Crippen LogP contribution in [0.5, 0.6) is 0 Å². The van der Waals surface area contributed by atoms with Gasteiger partial charge in [0, 0.05) is 24.2 Å². The lowest BCUT2D eigenvalue weighted by atomic mass is 9.99. The molecule has 0 bridgehead atoms. The van der Waals surface area contributed by atoms with Gasteiger partial charge in [0.2, 0.25) is 0 Å². The van der Waals surface area contributed by atoms with Crippen LogP contribution in [0.15, 0.2) is 24.3 Å². The summed E-state index contributed by atoms with van der Waals surface area (Å²) in [6, 6.07) is 9.28. The number of amides is 1. The van der Waals surface area contributed by atoms with Crippen molar-refractivity contribution in [2.45, 2.75) is 32.3 Å². The molecule has 1 fully saturated rings. The minimum Gasteiger partial charge on any atom is -0.378 e. The Morgan fingerprint density at radius 1 is 1.36 bits per heavy atom. The second-order valence-corrected chi connectivity index (χ2v) is 6.11. The monoisotopic (exact) mass is 296 g/mol. The number of benzene rings is 1. The molecule has 4 nitrogen and oxygen atoms in total. The van der Waals surface area contributed by atoms with Crippen LogP contribution in [-0.4, -0.2) is 34.6 Å². The van der Waals surface area contributed by atoms with Gasteiger partial charge in [-0.2, -0.15) is 5.26 Å². The van der Waals surface area contributed by atoms with Crippen molar-refractivity contribution >= 4 is 5.91 Å². The zero-order chi connectivity index (χ0) is 16.2. The molecule has 0 aromatic heterocycles. The first-order chi connectivity index (χ1) is 10.4. The van der Waals surface area contributed by atoms with Crippen molar-refractivity contribution in [3.8, 4) is 17.9 Å². The molecule has 0 aliphatic carbocycles. The molecule has 114 valence electrons. The van der Waals surface area contributed by atoms with E-state index in [4.69, 9.17) is 5.26 Å². The van der Waals surface area contributed by atoms with E-state index in [0.717, 1.165) is 18.4 Å². The minimum absolute atomic E-state index is 0.0399. The average molecular weight is 296 g/mol. The number of carbonyl (C=O) groups excluding carboxylic acids is 1. The van der Waals surface area contributed by atoms with E-state index in [0.29, 0.717) is 18.7 Å². The van der Waals surface area contributed by atoms with Crippen molar-refractivity contribution in [3.05, 3.63) is 35.4 Å². The van der Waals surface area contributed by atoms with Crippen LogP contribution in [0.1, 0.15) is 42.6 Å². The van der Waals surface area contributed by atoms with Gasteiger partial charge >= 0.3 is 0 Å². The molecule has 0 saturated carbocycles. The Hall–Kier alpha value is -2.30. The lowest BCUT2D eigenvalue weighted by Crippen LogP contribution is -2.39. The summed E-state index contributed by atoms with van der Waals surface area (Å²) in [4.78, 5) is 14.2. The summed E-state index contributed by atoms with van der Waals surface area (Å²) in [5.41, 5.74) is 0.328. The molecule has 1 N–H and O–H groups in total. The quantitative estimate of drug-likeness (QED) is 0.808. The predicted octanol–water partition coefficient (Wildman–Crippen LogP) is 2.18. The van der Waals surface area contributed by atoms with E-state index in [-0.39, 0.29) is 11.8 Å². The topological polar surface area (TPSA) is 64.3 Å². The zero-order valence-electron chi connectivity index (χ0n) is 13.0. The molecular weight excluding hydrogens is 276 g/mol. The lowest BCUT2D eigenvalue weighted by Gasteiger charge is -2.29. The van der Waals surface area contributed by atoms with Gasteiger partial charge in [-0.25, -0.2) is 0 Å². The van der Waals surface area contributed by atoms with Gasteiger partial charge in [-0.15, -0.1) is 0 Å². The molecular formula is C18H20N2O2. The van der Waals surface area contributed by atoms with E-state index >= 15 is 0 Å². The highest BCUT2D eigenvalue weighted by Crippen LogP contribution is 2.18. The van der Waals surface area contributed by atoms with E-state index < -0.39 is 5.60 Å². The number of aliphatic hydroxyl groups is 1. The number of hydrogen-bond donors (Lipinski definition) is 1. The number of nitriles is 1. The van der Waals surface area contributed by atoms with E-state index in [1.165, 1.54) is 0 Å². The van der Waals surface area contributed by atoms with Crippen LogP contribution >= 0.6 is 0 Å². The number of piperidine rings is 1. The maximum Gasteiger partial charge on any atom is 0.253 e. The van der Waals surface area contributed by atoms with Crippen LogP contribution < -0.4 is 0 Å². The van der Waals surface area contributed by atoms with Gasteiger partial charge in [0.15, 0.2) is 0 Å². The second-order valence-electron chi connectivity index (χ2n) is 6.11. The SMILES string of the molecule is CC(C)(O)C#Cc1ccc(C(=O)N2CCCC(C#N)C2)cc1. The highest BCUT2D eigenvalue weighted by atomic mass is 16.3. The predicted molar refractivity (Wildman–Crippen MR) is 83.9 cm³/mol. The van der Waals surface area contributed by atoms with Crippen molar-refractivity contribution in [3.63, 3.8) is 0 Å². The maximum atomic E-state index is 12.4. The maximum absolute atomic E-state index is 12.4. The Bertz CT molecular complexity index is 639. The van der Waals surface area contributed by atoms with Crippen LogP contribution in [-0.2, 0) is 0 Å². The third kappa shape index (κ3) is 4.35. The van der Waals surface area contributed by atoms with Crippen molar-refractivity contribution in [2.75, 3.05) is 13.1 Å². The van der Waals surface area contributed by atoms with Crippen LogP contribution in [0, 0.1) is 29.1 Å². The summed E-state index contributed by atoms with van der Waals surface area (Å²) >= 11 is 0. The minimum atomic E-state index is -1.03. The molecule has 4 heteroatoms. The molecule has 0 spiro atoms. The van der Waals surface area contributed by atoms with Gasteiger partial charge in [-0.1, -0.05) is 11.8 Å². The number of carbonyl (C=O) groups is 1. The molecule has 1 aromatic rings. The molecule has 1 aliphatic heterocycles. The second kappa shape index (κ2) is 6.64. The fourth-order valence-electron chi connectivity index (χ4n) is 2.37. The normalized spacial score (nSPS) is 18.1. The molecule has 1 saturated heterocycles. The summed E-state index contributed by atoms with van der Waals surface area (Å²) in [6.07, 6.45) is 1.74. The van der Waals surface area contributed by atoms with Crippen LogP contribution in [0.4, 0.5) is 0 Å². The lowest BCUT2D eigenvalue weighted by molar-refractivity contribution is 0.0698. The number of nitrogens with zero attached hydrogens (tertiary/aromatic N) is 2. The molecule has 0 radical (unpaired) electrons. The van der Waals surface area contributed by atoms with Crippen molar-refractivity contribution in [1.82, 2.24) is 4.90 Å². The molecule has 2 rings (SSSR count). The smallest absolute Gasteiger partial charge is 0.253 e. The van der Waals surface area contributed by atoms with Crippen LogP contribution in [0.3, 0.4) is 0 Å². The highest BCUT2D eigenvalue weighted by Gasteiger charge is 2.24. The van der Waals surface area contributed by atoms with E-state index in [2.05, 4.69) is 17.9 Å². The summed E-state index contributed by atoms with van der Waals surface area (Å²) in [5.74, 6) is 5.52. The van der Waals surface area contributed by atoms with E-state index in [1.54, 1.807) is 43.0 Å². The summed E-state index contributed by atoms with van der Waals surface area (Å²) in [7, 11) is 0. The van der Waals surface area contributed by atoms with Gasteiger partial charge in [0.05, 0.1) is 12.0 Å². The summed E-state index contributed by atoms with van der Waals surface area (Å²) in [5, 5.41) is 18.6. The molecule has 1 aromatic carbocycles. The molecule has 1 amide bonds. The Balaban J connectivity index is 2.08. The first-order valence-corrected chi connectivity index (χ1v) is 7.43. The Morgan fingerprint density at radius 3 is 2.64 bits per heavy atom. The highest BCUT2D eigenvalue weighted by molar-refractivity contribution is 5.94. The summed E-state index contributed by atoms with van der Waals surface area (Å²) in [6.45, 7) is 4.46. The fraction of sp³-hybridized carbons (Fsp3) is 0.444. The first-order valence-electron chi connectivity index (χ1n) is 7.43. The number of rotatable bonds is 1. The molecule has 1 heterocycles. The Kier molecular flexibility index (Phi) is 4.85. The van der Waals surface area contributed by atoms with Crippen LogP contribution in [0.25, 0.3) is 0 Å². The fourth-order valence-corrected chi connectivity index (χ4v) is 2.37. The average Bonchev–Trinajstić information content (AvgIpc) is 2.52. The Labute approximate surface area is 131 Å². The number of likely N-dealkylation sites (tertiary alicyclic amines) is 1. The van der Waals surface area contributed by atoms with Gasteiger partial charge in [0.25, 0.3) is 5.91 Å². The van der Waals surface area contributed by atoms with Crippen molar-refractivity contribution in [2.24, 2.45) is 5.92 Å². The molecule has 1 aliphatic rings. The third-order valence-corrected chi connectivity index (χ3v) is 3.54. The molecule has 1 unspecified atom stereocenters. The van der Waals surface area contributed by atoms with Gasteiger partial charge in [-0.05, 0) is 51.0 Å². The van der Waals surface area contributed by atoms with E-state index in [1.807, 2.05) is 0 Å². The standard InChI is InChI=1S/C18H20N2O2/c1-18(2,22)10-9-14-5-7-16(8-6-14)17(21)20-11-3-4-15(12-19)13-20/h5-8,15,22H,3-4,11,13H2,1-2H3. The molecule has 22 heavy (non-hydrogen) atoms. The van der Waals surface area contributed by atoms with E-state index in [9.17, 15) is 9.90 Å². The Morgan fingerprint density at radius 2 is 2.05 bits per heavy atom. The van der Waals surface area contributed by atoms with Crippen molar-refractivity contribution < 1.29 is 9.90 Å². The van der Waals surface area contributed by atoms with Crippen molar-refractivity contribution in [1.29, 1.82) is 5.26 Å². The van der Waals surface area contributed by atoms with Gasteiger partial charge in [-0.3, -0.25) is 4.79 Å². The first kappa shape index (κ1) is 16.1.